The first kappa shape index (κ1) is 14.6. The van der Waals surface area contributed by atoms with Gasteiger partial charge in [0.15, 0.2) is 0 Å². The third kappa shape index (κ3) is 3.84. The van der Waals surface area contributed by atoms with Crippen LogP contribution < -0.4 is 5.73 Å². The van der Waals surface area contributed by atoms with E-state index in [1.54, 1.807) is 0 Å². The van der Waals surface area contributed by atoms with Gasteiger partial charge in [0.2, 0.25) is 0 Å². The summed E-state index contributed by atoms with van der Waals surface area (Å²) >= 11 is 0. The maximum absolute atomic E-state index is 5.74. The number of aryl methyl sites for hydroxylation is 2. The number of nitrogens with zero attached hydrogens (tertiary/aromatic N) is 1. The maximum atomic E-state index is 5.74. The van der Waals surface area contributed by atoms with Crippen LogP contribution in [0, 0.1) is 13.8 Å². The lowest BCUT2D eigenvalue weighted by atomic mass is 10.0. The summed E-state index contributed by atoms with van der Waals surface area (Å²) in [5, 5.41) is 0. The van der Waals surface area contributed by atoms with Crippen molar-refractivity contribution in [2.24, 2.45) is 0 Å². The molecule has 0 spiro atoms. The summed E-state index contributed by atoms with van der Waals surface area (Å²) in [5.74, 6) is 0. The van der Waals surface area contributed by atoms with Gasteiger partial charge in [-0.1, -0.05) is 42.8 Å². The molecule has 0 unspecified atom stereocenters. The molecule has 0 fully saturated rings. The lowest BCUT2D eigenvalue weighted by Crippen LogP contribution is -2.22. The zero-order chi connectivity index (χ0) is 14.5. The molecule has 0 atom stereocenters. The van der Waals surface area contributed by atoms with Crippen LogP contribution in [-0.2, 0) is 13.1 Å². The molecule has 0 bridgehead atoms. The van der Waals surface area contributed by atoms with Gasteiger partial charge in [0, 0.05) is 18.8 Å². The van der Waals surface area contributed by atoms with Crippen LogP contribution >= 0.6 is 0 Å². The van der Waals surface area contributed by atoms with E-state index in [2.05, 4.69) is 56.0 Å². The molecule has 20 heavy (non-hydrogen) atoms. The van der Waals surface area contributed by atoms with Gasteiger partial charge in [0.25, 0.3) is 0 Å². The number of benzene rings is 2. The fraction of sp³-hybridized carbons (Fsp3) is 0.333. The summed E-state index contributed by atoms with van der Waals surface area (Å²) in [6.45, 7) is 9.55. The van der Waals surface area contributed by atoms with Crippen LogP contribution in [0.1, 0.15) is 29.2 Å². The Morgan fingerprint density at radius 2 is 1.65 bits per heavy atom. The highest BCUT2D eigenvalue weighted by atomic mass is 15.1. The molecule has 106 valence electrons. The van der Waals surface area contributed by atoms with Crippen LogP contribution in [0.5, 0.6) is 0 Å². The minimum absolute atomic E-state index is 0.825. The highest BCUT2D eigenvalue weighted by Crippen LogP contribution is 2.15. The first-order valence-corrected chi connectivity index (χ1v) is 7.21. The van der Waals surface area contributed by atoms with Gasteiger partial charge in [0.1, 0.15) is 0 Å². The molecule has 2 heteroatoms. The van der Waals surface area contributed by atoms with E-state index in [4.69, 9.17) is 5.73 Å². The third-order valence-corrected chi connectivity index (χ3v) is 3.73. The van der Waals surface area contributed by atoms with Gasteiger partial charge < -0.3 is 5.73 Å². The molecule has 0 aromatic heterocycles. The lowest BCUT2D eigenvalue weighted by molar-refractivity contribution is 0.271. The molecule has 0 aliphatic heterocycles. The zero-order valence-corrected chi connectivity index (χ0v) is 12.7. The Morgan fingerprint density at radius 3 is 2.30 bits per heavy atom. The summed E-state index contributed by atoms with van der Waals surface area (Å²) in [6.07, 6.45) is 0. The van der Waals surface area contributed by atoms with Crippen molar-refractivity contribution in [3.63, 3.8) is 0 Å². The topological polar surface area (TPSA) is 29.3 Å². The molecule has 0 saturated heterocycles. The summed E-state index contributed by atoms with van der Waals surface area (Å²) in [4.78, 5) is 2.45. The molecule has 2 aromatic rings. The normalized spacial score (nSPS) is 11.0. The number of hydrogen-bond acceptors (Lipinski definition) is 2. The van der Waals surface area contributed by atoms with Gasteiger partial charge in [-0.25, -0.2) is 0 Å². The van der Waals surface area contributed by atoms with E-state index >= 15 is 0 Å². The van der Waals surface area contributed by atoms with Crippen molar-refractivity contribution in [2.75, 3.05) is 12.3 Å². The second-order valence-corrected chi connectivity index (χ2v) is 5.47. The first-order valence-electron chi connectivity index (χ1n) is 7.21. The van der Waals surface area contributed by atoms with Crippen molar-refractivity contribution in [1.82, 2.24) is 4.90 Å². The van der Waals surface area contributed by atoms with Crippen LogP contribution in [0.4, 0.5) is 5.69 Å². The molecule has 2 nitrogen and oxygen atoms in total. The van der Waals surface area contributed by atoms with Gasteiger partial charge in [-0.05, 0) is 49.2 Å². The Kier molecular flexibility index (Phi) is 4.80. The van der Waals surface area contributed by atoms with E-state index < -0.39 is 0 Å². The van der Waals surface area contributed by atoms with Crippen LogP contribution in [0.25, 0.3) is 0 Å². The van der Waals surface area contributed by atoms with Crippen molar-refractivity contribution < 1.29 is 0 Å². The van der Waals surface area contributed by atoms with Crippen LogP contribution in [0.3, 0.4) is 0 Å². The predicted octanol–water partition coefficient (Wildman–Crippen LogP) is 3.91. The molecule has 2 N–H and O–H groups in total. The van der Waals surface area contributed by atoms with Crippen LogP contribution in [0.15, 0.2) is 42.5 Å². The van der Waals surface area contributed by atoms with Gasteiger partial charge in [-0.3, -0.25) is 4.90 Å². The van der Waals surface area contributed by atoms with E-state index in [1.165, 1.54) is 22.3 Å². The van der Waals surface area contributed by atoms with Crippen molar-refractivity contribution in [2.45, 2.75) is 33.9 Å². The SMILES string of the molecule is CCN(Cc1ccc(N)cc1)Cc1cc(C)ccc1C. The highest BCUT2D eigenvalue weighted by molar-refractivity contribution is 5.39. The van der Waals surface area contributed by atoms with E-state index in [-0.39, 0.29) is 0 Å². The Bertz CT molecular complexity index is 558. The Labute approximate surface area is 122 Å². The highest BCUT2D eigenvalue weighted by Gasteiger charge is 2.07. The average Bonchev–Trinajstić information content (AvgIpc) is 2.44. The lowest BCUT2D eigenvalue weighted by Gasteiger charge is -2.22. The molecule has 2 aromatic carbocycles. The quantitative estimate of drug-likeness (QED) is 0.833. The number of nitrogens with two attached hydrogens (primary N) is 1. The molecule has 0 amide bonds. The fourth-order valence-electron chi connectivity index (χ4n) is 2.37. The summed E-state index contributed by atoms with van der Waals surface area (Å²) in [5.41, 5.74) is 12.0. The molecular formula is C18H24N2. The summed E-state index contributed by atoms with van der Waals surface area (Å²) in [6, 6.07) is 14.8. The number of anilines is 1. The second-order valence-electron chi connectivity index (χ2n) is 5.47. The summed E-state index contributed by atoms with van der Waals surface area (Å²) < 4.78 is 0. The van der Waals surface area contributed by atoms with E-state index in [1.807, 2.05) is 12.1 Å². The monoisotopic (exact) mass is 268 g/mol. The Balaban J connectivity index is 2.08. The molecule has 0 radical (unpaired) electrons. The largest absolute Gasteiger partial charge is 0.399 e. The third-order valence-electron chi connectivity index (χ3n) is 3.73. The van der Waals surface area contributed by atoms with Crippen molar-refractivity contribution in [3.8, 4) is 0 Å². The maximum Gasteiger partial charge on any atom is 0.0314 e. The van der Waals surface area contributed by atoms with E-state index in [0.29, 0.717) is 0 Å². The van der Waals surface area contributed by atoms with E-state index in [0.717, 1.165) is 25.3 Å². The van der Waals surface area contributed by atoms with Crippen molar-refractivity contribution in [3.05, 3.63) is 64.7 Å². The molecule has 2 rings (SSSR count). The molecule has 0 heterocycles. The van der Waals surface area contributed by atoms with Crippen molar-refractivity contribution >= 4 is 5.69 Å². The van der Waals surface area contributed by atoms with Crippen LogP contribution in [0.2, 0.25) is 0 Å². The smallest absolute Gasteiger partial charge is 0.0314 e. The first-order chi connectivity index (χ1) is 9.58. The molecule has 0 saturated carbocycles. The average molecular weight is 268 g/mol. The number of rotatable bonds is 5. The molecule has 0 aliphatic rings. The standard InChI is InChI=1S/C18H24N2/c1-4-20(12-16-7-9-18(19)10-8-16)13-17-11-14(2)5-6-15(17)3/h5-11H,4,12-13,19H2,1-3H3. The second kappa shape index (κ2) is 6.58. The number of nitrogen functional groups attached to an aromatic ring is 1. The van der Waals surface area contributed by atoms with Gasteiger partial charge in [-0.15, -0.1) is 0 Å². The molecule has 0 aliphatic carbocycles. The minimum atomic E-state index is 0.825. The Morgan fingerprint density at radius 1 is 0.950 bits per heavy atom. The number of hydrogen-bond donors (Lipinski definition) is 1. The van der Waals surface area contributed by atoms with Crippen LogP contribution in [-0.4, -0.2) is 11.4 Å². The summed E-state index contributed by atoms with van der Waals surface area (Å²) in [7, 11) is 0. The van der Waals surface area contributed by atoms with Gasteiger partial charge in [0.05, 0.1) is 0 Å². The minimum Gasteiger partial charge on any atom is -0.399 e. The Hall–Kier alpha value is -1.80. The predicted molar refractivity (Wildman–Crippen MR) is 86.6 cm³/mol. The molecular weight excluding hydrogens is 244 g/mol. The fourth-order valence-corrected chi connectivity index (χ4v) is 2.37. The van der Waals surface area contributed by atoms with Crippen molar-refractivity contribution in [1.29, 1.82) is 0 Å². The van der Waals surface area contributed by atoms with Gasteiger partial charge >= 0.3 is 0 Å². The zero-order valence-electron chi connectivity index (χ0n) is 12.7. The van der Waals surface area contributed by atoms with E-state index in [9.17, 15) is 0 Å². The van der Waals surface area contributed by atoms with Gasteiger partial charge in [-0.2, -0.15) is 0 Å².